The van der Waals surface area contributed by atoms with Gasteiger partial charge in [0.1, 0.15) is 0 Å². The first-order valence-corrected chi connectivity index (χ1v) is 5.69. The SMILES string of the molecule is CN1C(C(C)(C)C)C2CCC23CC13. The maximum Gasteiger partial charge on any atom is 0.0178 e. The van der Waals surface area contributed by atoms with Crippen molar-refractivity contribution in [3.8, 4) is 0 Å². The molecule has 0 radical (unpaired) electrons. The largest absolute Gasteiger partial charge is 0.299 e. The molecule has 13 heavy (non-hydrogen) atoms. The fraction of sp³-hybridized carbons (Fsp3) is 1.00. The van der Waals surface area contributed by atoms with Crippen LogP contribution in [0.25, 0.3) is 0 Å². The summed E-state index contributed by atoms with van der Waals surface area (Å²) in [5.41, 5.74) is 1.31. The van der Waals surface area contributed by atoms with Crippen LogP contribution >= 0.6 is 0 Å². The van der Waals surface area contributed by atoms with E-state index in [-0.39, 0.29) is 0 Å². The minimum Gasteiger partial charge on any atom is -0.299 e. The molecule has 1 spiro atoms. The van der Waals surface area contributed by atoms with Gasteiger partial charge in [0.15, 0.2) is 0 Å². The summed E-state index contributed by atoms with van der Waals surface area (Å²) in [5, 5.41) is 0. The average Bonchev–Trinajstić information content (AvgIpc) is 2.66. The van der Waals surface area contributed by atoms with Gasteiger partial charge in [-0.3, -0.25) is 4.90 Å². The lowest BCUT2D eigenvalue weighted by molar-refractivity contribution is 0.0518. The highest BCUT2D eigenvalue weighted by Crippen LogP contribution is 2.74. The van der Waals surface area contributed by atoms with E-state index >= 15 is 0 Å². The van der Waals surface area contributed by atoms with E-state index in [0.717, 1.165) is 23.4 Å². The minimum atomic E-state index is 0.486. The van der Waals surface area contributed by atoms with Crippen LogP contribution < -0.4 is 0 Å². The van der Waals surface area contributed by atoms with Crippen molar-refractivity contribution in [2.24, 2.45) is 16.7 Å². The third-order valence-electron chi connectivity index (χ3n) is 4.93. The zero-order chi connectivity index (χ0) is 9.43. The molecule has 0 bridgehead atoms. The van der Waals surface area contributed by atoms with Gasteiger partial charge in [-0.05, 0) is 43.1 Å². The first kappa shape index (κ1) is 8.28. The topological polar surface area (TPSA) is 3.24 Å². The Morgan fingerprint density at radius 1 is 1.31 bits per heavy atom. The molecule has 3 aliphatic rings. The molecule has 2 aliphatic carbocycles. The Morgan fingerprint density at radius 2 is 2.00 bits per heavy atom. The summed E-state index contributed by atoms with van der Waals surface area (Å²) >= 11 is 0. The summed E-state index contributed by atoms with van der Waals surface area (Å²) in [6.07, 6.45) is 4.54. The molecular weight excluding hydrogens is 158 g/mol. The second-order valence-corrected chi connectivity index (χ2v) is 6.57. The van der Waals surface area contributed by atoms with Crippen LogP contribution in [0.2, 0.25) is 0 Å². The molecular formula is C12H21N. The standard InChI is InChI=1S/C12H21N/c1-11(2,3)10-8-5-6-12(8)7-9(12)13(10)4/h8-10H,5-7H2,1-4H3. The lowest BCUT2D eigenvalue weighted by Gasteiger charge is -2.45. The van der Waals surface area contributed by atoms with Gasteiger partial charge in [-0.15, -0.1) is 0 Å². The van der Waals surface area contributed by atoms with E-state index in [9.17, 15) is 0 Å². The molecule has 1 aliphatic heterocycles. The monoisotopic (exact) mass is 179 g/mol. The molecule has 0 aromatic carbocycles. The highest BCUT2D eigenvalue weighted by Gasteiger charge is 2.74. The molecule has 1 nitrogen and oxygen atoms in total. The van der Waals surface area contributed by atoms with E-state index in [1.54, 1.807) is 0 Å². The molecule has 4 atom stereocenters. The Morgan fingerprint density at radius 3 is 2.31 bits per heavy atom. The lowest BCUT2D eigenvalue weighted by Crippen LogP contribution is -2.46. The van der Waals surface area contributed by atoms with E-state index in [2.05, 4.69) is 32.7 Å². The lowest BCUT2D eigenvalue weighted by atomic mass is 9.63. The number of hydrogen-bond acceptors (Lipinski definition) is 1. The van der Waals surface area contributed by atoms with Gasteiger partial charge < -0.3 is 0 Å². The van der Waals surface area contributed by atoms with Crippen LogP contribution in [-0.4, -0.2) is 24.0 Å². The van der Waals surface area contributed by atoms with Gasteiger partial charge in [0.05, 0.1) is 0 Å². The molecule has 1 heterocycles. The van der Waals surface area contributed by atoms with Crippen molar-refractivity contribution in [1.82, 2.24) is 4.90 Å². The molecule has 0 aromatic heterocycles. The number of piperidine rings is 1. The van der Waals surface area contributed by atoms with Crippen molar-refractivity contribution in [2.45, 2.75) is 52.1 Å². The van der Waals surface area contributed by atoms with Crippen molar-refractivity contribution in [1.29, 1.82) is 0 Å². The highest BCUT2D eigenvalue weighted by atomic mass is 15.3. The maximum absolute atomic E-state index is 2.69. The molecule has 3 rings (SSSR count). The van der Waals surface area contributed by atoms with Gasteiger partial charge in [-0.1, -0.05) is 20.8 Å². The van der Waals surface area contributed by atoms with E-state index in [1.807, 2.05) is 0 Å². The molecule has 2 saturated carbocycles. The van der Waals surface area contributed by atoms with Crippen molar-refractivity contribution < 1.29 is 0 Å². The van der Waals surface area contributed by atoms with Gasteiger partial charge in [-0.25, -0.2) is 0 Å². The van der Waals surface area contributed by atoms with Crippen LogP contribution in [0.3, 0.4) is 0 Å². The average molecular weight is 179 g/mol. The first-order chi connectivity index (χ1) is 5.97. The Kier molecular flexibility index (Phi) is 1.26. The van der Waals surface area contributed by atoms with Gasteiger partial charge in [0.2, 0.25) is 0 Å². The van der Waals surface area contributed by atoms with Crippen LogP contribution in [0.5, 0.6) is 0 Å². The van der Waals surface area contributed by atoms with Crippen LogP contribution in [0.15, 0.2) is 0 Å². The third-order valence-corrected chi connectivity index (χ3v) is 4.93. The molecule has 1 saturated heterocycles. The number of nitrogens with zero attached hydrogens (tertiary/aromatic N) is 1. The smallest absolute Gasteiger partial charge is 0.0178 e. The van der Waals surface area contributed by atoms with Crippen LogP contribution in [0, 0.1) is 16.7 Å². The number of likely N-dealkylation sites (tertiary alicyclic amines) is 1. The summed E-state index contributed by atoms with van der Waals surface area (Å²) < 4.78 is 0. The van der Waals surface area contributed by atoms with Crippen LogP contribution in [0.1, 0.15) is 40.0 Å². The predicted octanol–water partition coefficient (Wildman–Crippen LogP) is 2.52. The van der Waals surface area contributed by atoms with Crippen molar-refractivity contribution >= 4 is 0 Å². The second-order valence-electron chi connectivity index (χ2n) is 6.57. The molecule has 1 heteroatoms. The molecule has 74 valence electrons. The van der Waals surface area contributed by atoms with E-state index in [4.69, 9.17) is 0 Å². The van der Waals surface area contributed by atoms with Gasteiger partial charge in [0.25, 0.3) is 0 Å². The van der Waals surface area contributed by atoms with Gasteiger partial charge >= 0.3 is 0 Å². The minimum absolute atomic E-state index is 0.486. The fourth-order valence-corrected chi connectivity index (χ4v) is 4.36. The quantitative estimate of drug-likeness (QED) is 0.552. The zero-order valence-corrected chi connectivity index (χ0v) is 9.30. The summed E-state index contributed by atoms with van der Waals surface area (Å²) in [6, 6.07) is 1.83. The fourth-order valence-electron chi connectivity index (χ4n) is 4.36. The predicted molar refractivity (Wildman–Crippen MR) is 54.6 cm³/mol. The van der Waals surface area contributed by atoms with Crippen LogP contribution in [-0.2, 0) is 0 Å². The van der Waals surface area contributed by atoms with Crippen molar-refractivity contribution in [3.05, 3.63) is 0 Å². The Bertz CT molecular complexity index is 252. The maximum atomic E-state index is 2.69. The number of hydrogen-bond donors (Lipinski definition) is 0. The summed E-state index contributed by atoms with van der Waals surface area (Å²) in [7, 11) is 2.35. The normalized spacial score (nSPS) is 54.0. The molecule has 4 unspecified atom stereocenters. The Labute approximate surface area is 81.5 Å². The van der Waals surface area contributed by atoms with E-state index in [1.165, 1.54) is 19.3 Å². The Hall–Kier alpha value is -0.0400. The molecule has 0 aromatic rings. The molecule has 0 N–H and O–H groups in total. The van der Waals surface area contributed by atoms with Gasteiger partial charge in [0, 0.05) is 12.1 Å². The second kappa shape index (κ2) is 1.98. The molecule has 3 fully saturated rings. The zero-order valence-electron chi connectivity index (χ0n) is 9.30. The van der Waals surface area contributed by atoms with E-state index in [0.29, 0.717) is 5.41 Å². The van der Waals surface area contributed by atoms with Crippen LogP contribution in [0.4, 0.5) is 0 Å². The van der Waals surface area contributed by atoms with Crippen molar-refractivity contribution in [3.63, 3.8) is 0 Å². The van der Waals surface area contributed by atoms with Gasteiger partial charge in [-0.2, -0.15) is 0 Å². The Balaban J connectivity index is 1.91. The third kappa shape index (κ3) is 0.782. The number of rotatable bonds is 0. The summed E-state index contributed by atoms with van der Waals surface area (Å²) in [4.78, 5) is 2.69. The highest BCUT2D eigenvalue weighted by molar-refractivity contribution is 5.26. The summed E-state index contributed by atoms with van der Waals surface area (Å²) in [5.74, 6) is 1.04. The summed E-state index contributed by atoms with van der Waals surface area (Å²) in [6.45, 7) is 7.22. The van der Waals surface area contributed by atoms with E-state index < -0.39 is 0 Å². The van der Waals surface area contributed by atoms with Crippen molar-refractivity contribution in [2.75, 3.05) is 7.05 Å². The first-order valence-electron chi connectivity index (χ1n) is 5.69. The molecule has 0 amide bonds.